The number of ether oxygens (including phenoxy) is 1. The summed E-state index contributed by atoms with van der Waals surface area (Å²) in [5.74, 6) is -0.383. The van der Waals surface area contributed by atoms with Gasteiger partial charge in [-0.15, -0.1) is 0 Å². The Labute approximate surface area is 108 Å². The van der Waals surface area contributed by atoms with E-state index in [-0.39, 0.29) is 16.9 Å². The Hall–Kier alpha value is -0.160. The van der Waals surface area contributed by atoms with E-state index in [9.17, 15) is 4.39 Å². The van der Waals surface area contributed by atoms with Gasteiger partial charge in [0.1, 0.15) is 5.82 Å². The molecule has 1 rings (SSSR count). The molecule has 0 bridgehead atoms. The minimum absolute atomic E-state index is 0.0921. The Kier molecular flexibility index (Phi) is 5.69. The zero-order valence-electron chi connectivity index (χ0n) is 9.19. The van der Waals surface area contributed by atoms with Crippen LogP contribution in [0.2, 0.25) is 5.02 Å². The molecule has 0 amide bonds. The van der Waals surface area contributed by atoms with E-state index in [2.05, 4.69) is 21.2 Å². The molecule has 5 heteroatoms. The van der Waals surface area contributed by atoms with Crippen LogP contribution < -0.4 is 5.32 Å². The number of hydrogen-bond acceptors (Lipinski definition) is 2. The molecule has 1 aromatic rings. The maximum Gasteiger partial charge on any atom is 0.147 e. The Morgan fingerprint density at radius 2 is 2.25 bits per heavy atom. The van der Waals surface area contributed by atoms with Gasteiger partial charge in [-0.05, 0) is 35.5 Å². The van der Waals surface area contributed by atoms with Crippen molar-refractivity contribution in [2.75, 3.05) is 20.8 Å². The van der Waals surface area contributed by atoms with Gasteiger partial charge in [0, 0.05) is 29.8 Å². The lowest BCUT2D eigenvalue weighted by Gasteiger charge is -2.17. The lowest BCUT2D eigenvalue weighted by Crippen LogP contribution is -2.19. The van der Waals surface area contributed by atoms with E-state index in [1.807, 2.05) is 0 Å². The van der Waals surface area contributed by atoms with Gasteiger partial charge < -0.3 is 10.1 Å². The first-order valence-electron chi connectivity index (χ1n) is 4.91. The number of benzene rings is 1. The summed E-state index contributed by atoms with van der Waals surface area (Å²) >= 11 is 9.02. The van der Waals surface area contributed by atoms with E-state index < -0.39 is 0 Å². The van der Waals surface area contributed by atoms with Gasteiger partial charge in [-0.2, -0.15) is 0 Å². The minimum atomic E-state index is -0.383. The Morgan fingerprint density at radius 1 is 1.56 bits per heavy atom. The first kappa shape index (κ1) is 13.9. The molecule has 0 fully saturated rings. The van der Waals surface area contributed by atoms with E-state index in [0.717, 1.165) is 0 Å². The molecule has 0 saturated heterocycles. The molecule has 0 aliphatic rings. The molecule has 0 aliphatic carbocycles. The standard InChI is InChI=1S/C11H14BrClFNO/c1-15-9(5-6-16-2)7-3-4-8(12)10(13)11(7)14/h3-4,9,15H,5-6H2,1-2H3. The average Bonchev–Trinajstić information content (AvgIpc) is 2.29. The summed E-state index contributed by atoms with van der Waals surface area (Å²) in [7, 11) is 3.41. The zero-order chi connectivity index (χ0) is 12.1. The molecule has 0 spiro atoms. The van der Waals surface area contributed by atoms with Crippen molar-refractivity contribution in [2.45, 2.75) is 12.5 Å². The van der Waals surface area contributed by atoms with Crippen molar-refractivity contribution >= 4 is 27.5 Å². The number of halogens is 3. The van der Waals surface area contributed by atoms with Gasteiger partial charge in [0.15, 0.2) is 0 Å². The molecule has 90 valence electrons. The van der Waals surface area contributed by atoms with Crippen LogP contribution >= 0.6 is 27.5 Å². The number of nitrogens with one attached hydrogen (secondary N) is 1. The van der Waals surface area contributed by atoms with Crippen LogP contribution in [-0.2, 0) is 4.74 Å². The first-order chi connectivity index (χ1) is 7.61. The van der Waals surface area contributed by atoms with Gasteiger partial charge in [0.25, 0.3) is 0 Å². The quantitative estimate of drug-likeness (QED) is 0.840. The van der Waals surface area contributed by atoms with Crippen molar-refractivity contribution in [3.05, 3.63) is 33.0 Å². The summed E-state index contributed by atoms with van der Waals surface area (Å²) < 4.78 is 19.4. The molecule has 16 heavy (non-hydrogen) atoms. The van der Waals surface area contributed by atoms with Gasteiger partial charge in [-0.1, -0.05) is 17.7 Å². The summed E-state index contributed by atoms with van der Waals surface area (Å²) in [6.45, 7) is 0.568. The van der Waals surface area contributed by atoms with Crippen LogP contribution in [0.1, 0.15) is 18.0 Å². The van der Waals surface area contributed by atoms with Crippen molar-refractivity contribution in [3.63, 3.8) is 0 Å². The zero-order valence-corrected chi connectivity index (χ0v) is 11.5. The van der Waals surface area contributed by atoms with Crippen LogP contribution in [0.3, 0.4) is 0 Å². The molecule has 1 aromatic carbocycles. The summed E-state index contributed by atoms with van der Waals surface area (Å²) in [6, 6.07) is 3.38. The highest BCUT2D eigenvalue weighted by Gasteiger charge is 2.17. The molecular formula is C11H14BrClFNO. The predicted octanol–water partition coefficient (Wildman–Crippen LogP) is 3.54. The van der Waals surface area contributed by atoms with Crippen LogP contribution in [-0.4, -0.2) is 20.8 Å². The lowest BCUT2D eigenvalue weighted by molar-refractivity contribution is 0.183. The Bertz CT molecular complexity index is 362. The molecule has 0 radical (unpaired) electrons. The van der Waals surface area contributed by atoms with Gasteiger partial charge in [0.05, 0.1) is 5.02 Å². The summed E-state index contributed by atoms with van der Waals surface area (Å²) in [5.41, 5.74) is 0.563. The Morgan fingerprint density at radius 3 is 2.81 bits per heavy atom. The van der Waals surface area contributed by atoms with Crippen molar-refractivity contribution in [3.8, 4) is 0 Å². The average molecular weight is 311 g/mol. The highest BCUT2D eigenvalue weighted by molar-refractivity contribution is 9.10. The smallest absolute Gasteiger partial charge is 0.147 e. The highest BCUT2D eigenvalue weighted by atomic mass is 79.9. The second-order valence-electron chi connectivity index (χ2n) is 3.39. The number of methoxy groups -OCH3 is 1. The molecule has 1 N–H and O–H groups in total. The lowest BCUT2D eigenvalue weighted by atomic mass is 10.0. The second-order valence-corrected chi connectivity index (χ2v) is 4.62. The molecule has 2 nitrogen and oxygen atoms in total. The fraction of sp³-hybridized carbons (Fsp3) is 0.455. The van der Waals surface area contributed by atoms with E-state index in [4.69, 9.17) is 16.3 Å². The molecule has 0 saturated carbocycles. The normalized spacial score (nSPS) is 12.8. The van der Waals surface area contributed by atoms with Gasteiger partial charge in [0.2, 0.25) is 0 Å². The third-order valence-electron chi connectivity index (χ3n) is 2.40. The van der Waals surface area contributed by atoms with Crippen LogP contribution in [0.25, 0.3) is 0 Å². The fourth-order valence-corrected chi connectivity index (χ4v) is 1.98. The van der Waals surface area contributed by atoms with E-state index in [1.165, 1.54) is 0 Å². The van der Waals surface area contributed by atoms with Crippen molar-refractivity contribution in [1.29, 1.82) is 0 Å². The van der Waals surface area contributed by atoms with Crippen LogP contribution in [0.15, 0.2) is 16.6 Å². The highest BCUT2D eigenvalue weighted by Crippen LogP contribution is 2.31. The van der Waals surface area contributed by atoms with Gasteiger partial charge >= 0.3 is 0 Å². The van der Waals surface area contributed by atoms with Crippen LogP contribution in [0, 0.1) is 5.82 Å². The molecule has 0 aliphatic heterocycles. The van der Waals surface area contributed by atoms with Crippen molar-refractivity contribution < 1.29 is 9.13 Å². The topological polar surface area (TPSA) is 21.3 Å². The molecule has 0 heterocycles. The third kappa shape index (κ3) is 3.17. The maximum atomic E-state index is 13.9. The van der Waals surface area contributed by atoms with Gasteiger partial charge in [-0.3, -0.25) is 0 Å². The summed E-state index contributed by atoms with van der Waals surface area (Å²) in [5, 5.41) is 3.17. The number of rotatable bonds is 5. The summed E-state index contributed by atoms with van der Waals surface area (Å²) in [4.78, 5) is 0. The third-order valence-corrected chi connectivity index (χ3v) is 3.66. The fourth-order valence-electron chi connectivity index (χ4n) is 1.50. The largest absolute Gasteiger partial charge is 0.385 e. The monoisotopic (exact) mass is 309 g/mol. The van der Waals surface area contributed by atoms with Crippen LogP contribution in [0.5, 0.6) is 0 Å². The predicted molar refractivity (Wildman–Crippen MR) is 67.4 cm³/mol. The molecule has 0 aromatic heterocycles. The minimum Gasteiger partial charge on any atom is -0.385 e. The SMILES string of the molecule is CNC(CCOC)c1ccc(Br)c(Cl)c1F. The van der Waals surface area contributed by atoms with E-state index in [0.29, 0.717) is 23.1 Å². The second kappa shape index (κ2) is 6.55. The van der Waals surface area contributed by atoms with E-state index >= 15 is 0 Å². The van der Waals surface area contributed by atoms with Crippen molar-refractivity contribution in [1.82, 2.24) is 5.32 Å². The maximum absolute atomic E-state index is 13.9. The molecule has 1 atom stereocenters. The van der Waals surface area contributed by atoms with E-state index in [1.54, 1.807) is 26.3 Å². The molecule has 1 unspecified atom stereocenters. The van der Waals surface area contributed by atoms with Gasteiger partial charge in [-0.25, -0.2) is 4.39 Å². The number of hydrogen-bond donors (Lipinski definition) is 1. The Balaban J connectivity index is 2.96. The molecular weight excluding hydrogens is 296 g/mol. The first-order valence-corrected chi connectivity index (χ1v) is 6.08. The summed E-state index contributed by atoms with van der Waals surface area (Å²) in [6.07, 6.45) is 0.696. The van der Waals surface area contributed by atoms with Crippen molar-refractivity contribution in [2.24, 2.45) is 0 Å². The van der Waals surface area contributed by atoms with Crippen LogP contribution in [0.4, 0.5) is 4.39 Å².